The molecule has 2 aromatic carbocycles. The summed E-state index contributed by atoms with van der Waals surface area (Å²) in [5.41, 5.74) is 6.95. The van der Waals surface area contributed by atoms with Crippen molar-refractivity contribution in [3.8, 4) is 11.5 Å². The fourth-order valence-electron chi connectivity index (χ4n) is 6.22. The third kappa shape index (κ3) is 11.2. The molecule has 2 unspecified atom stereocenters. The van der Waals surface area contributed by atoms with Crippen molar-refractivity contribution >= 4 is 0 Å². The average Bonchev–Trinajstić information content (AvgIpc) is 3.02. The molecule has 0 spiro atoms. The van der Waals surface area contributed by atoms with Crippen molar-refractivity contribution in [3.63, 3.8) is 0 Å². The summed E-state index contributed by atoms with van der Waals surface area (Å²) in [6.07, 6.45) is 8.83. The molecule has 0 saturated heterocycles. The van der Waals surface area contributed by atoms with Gasteiger partial charge in [-0.05, 0) is 74.7 Å². The molecule has 240 valence electrons. The Kier molecular flexibility index (Phi) is 18.0. The lowest BCUT2D eigenvalue weighted by atomic mass is 9.73. The van der Waals surface area contributed by atoms with Crippen LogP contribution in [0.4, 0.5) is 0 Å². The Morgan fingerprint density at radius 1 is 0.833 bits per heavy atom. The minimum Gasteiger partial charge on any atom is -0.497 e. The molecule has 2 aromatic rings. The van der Waals surface area contributed by atoms with Gasteiger partial charge in [0.2, 0.25) is 0 Å². The lowest BCUT2D eigenvalue weighted by molar-refractivity contribution is -0.0194. The van der Waals surface area contributed by atoms with E-state index in [1.54, 1.807) is 14.2 Å². The molecular weight excluding hydrogens is 524 g/mol. The van der Waals surface area contributed by atoms with Crippen molar-refractivity contribution in [2.45, 2.75) is 115 Å². The molecule has 6 nitrogen and oxygen atoms in total. The van der Waals surface area contributed by atoms with Gasteiger partial charge in [0.1, 0.15) is 11.5 Å². The smallest absolute Gasteiger partial charge is 0.118 e. The van der Waals surface area contributed by atoms with E-state index in [1.165, 1.54) is 12.0 Å². The number of benzene rings is 2. The molecule has 1 aliphatic carbocycles. The second kappa shape index (κ2) is 20.0. The predicted octanol–water partition coefficient (Wildman–Crippen LogP) is 7.52. The van der Waals surface area contributed by atoms with Gasteiger partial charge in [0, 0.05) is 24.9 Å². The monoisotopic (exact) mass is 586 g/mol. The fraction of sp³-hybridized carbons (Fsp3) is 0.667. The molecule has 0 heterocycles. The number of nitrogens with two attached hydrogens (primary N) is 1. The van der Waals surface area contributed by atoms with Crippen molar-refractivity contribution in [1.82, 2.24) is 4.90 Å². The zero-order chi connectivity index (χ0) is 31.6. The summed E-state index contributed by atoms with van der Waals surface area (Å²) < 4.78 is 10.4. The Labute approximate surface area is 257 Å². The number of aliphatic hydroxyl groups is 2. The summed E-state index contributed by atoms with van der Waals surface area (Å²) in [7, 11) is 5.46. The summed E-state index contributed by atoms with van der Waals surface area (Å²) in [4.78, 5) is 2.28. The number of likely N-dealkylation sites (N-methyl/N-ethyl adjacent to an activating group) is 1. The molecule has 42 heavy (non-hydrogen) atoms. The summed E-state index contributed by atoms with van der Waals surface area (Å²) in [5, 5.41) is 22.1. The van der Waals surface area contributed by atoms with E-state index >= 15 is 0 Å². The molecule has 3 rings (SSSR count). The van der Waals surface area contributed by atoms with Gasteiger partial charge in [0.25, 0.3) is 0 Å². The molecule has 0 radical (unpaired) electrons. The van der Waals surface area contributed by atoms with Gasteiger partial charge in [0.15, 0.2) is 0 Å². The van der Waals surface area contributed by atoms with Crippen LogP contribution in [0.25, 0.3) is 0 Å². The quantitative estimate of drug-likeness (QED) is 0.212. The van der Waals surface area contributed by atoms with E-state index in [-0.39, 0.29) is 11.8 Å². The Morgan fingerprint density at radius 3 is 1.67 bits per heavy atom. The van der Waals surface area contributed by atoms with Crippen LogP contribution in [-0.4, -0.2) is 67.2 Å². The maximum atomic E-state index is 11.3. The molecule has 1 saturated carbocycles. The highest BCUT2D eigenvalue weighted by molar-refractivity contribution is 5.32. The number of ether oxygens (including phenoxy) is 2. The van der Waals surface area contributed by atoms with Gasteiger partial charge < -0.3 is 30.3 Å². The van der Waals surface area contributed by atoms with Crippen LogP contribution in [0.2, 0.25) is 0 Å². The minimum absolute atomic E-state index is 0.0312. The molecule has 0 aliphatic heterocycles. The zero-order valence-corrected chi connectivity index (χ0v) is 28.0. The summed E-state index contributed by atoms with van der Waals surface area (Å²) >= 11 is 0. The maximum absolute atomic E-state index is 11.3. The molecular formula is C36H62N2O4. The average molecular weight is 587 g/mol. The van der Waals surface area contributed by atoms with E-state index in [0.717, 1.165) is 81.5 Å². The van der Waals surface area contributed by atoms with Crippen molar-refractivity contribution in [3.05, 3.63) is 59.7 Å². The number of rotatable bonds is 14. The Balaban J connectivity index is 0.000000402. The third-order valence-electron chi connectivity index (χ3n) is 8.69. The first-order chi connectivity index (χ1) is 20.2. The van der Waals surface area contributed by atoms with Gasteiger partial charge in [-0.2, -0.15) is 0 Å². The normalized spacial score (nSPS) is 15.9. The standard InChI is InChI=1S/C19H33NO2.C15H23NO2.C2H6/c1-6-13-19(21,14-7-2)18(15-20(4)8-3)16-9-11-17(22-5)12-10-16;1-18-13-7-5-12(6-8-13)14(11-16)15(17)9-3-2-4-10-15;1-2/h9-12,18,21H,6-8,13-15H2,1-5H3;5-8,14,17H,2-4,9-11,16H2,1H3;1-2H3. The number of nitrogens with zero attached hydrogens (tertiary/aromatic N) is 1. The van der Waals surface area contributed by atoms with Crippen LogP contribution in [0.1, 0.15) is 115 Å². The van der Waals surface area contributed by atoms with Gasteiger partial charge in [-0.25, -0.2) is 0 Å². The van der Waals surface area contributed by atoms with E-state index in [4.69, 9.17) is 15.2 Å². The number of methoxy groups -OCH3 is 2. The summed E-state index contributed by atoms with van der Waals surface area (Å²) in [6.45, 7) is 12.8. The van der Waals surface area contributed by atoms with Crippen molar-refractivity contribution < 1.29 is 19.7 Å². The molecule has 6 heteroatoms. The Bertz CT molecular complexity index is 936. The lowest BCUT2D eigenvalue weighted by Crippen LogP contribution is -2.42. The van der Waals surface area contributed by atoms with Crippen molar-refractivity contribution in [2.75, 3.05) is 40.9 Å². The second-order valence-electron chi connectivity index (χ2n) is 11.5. The number of hydrogen-bond acceptors (Lipinski definition) is 6. The van der Waals surface area contributed by atoms with Gasteiger partial charge in [-0.15, -0.1) is 0 Å². The zero-order valence-electron chi connectivity index (χ0n) is 28.0. The minimum atomic E-state index is -0.637. The molecule has 0 bridgehead atoms. The highest BCUT2D eigenvalue weighted by Crippen LogP contribution is 2.40. The third-order valence-corrected chi connectivity index (χ3v) is 8.69. The lowest BCUT2D eigenvalue weighted by Gasteiger charge is -2.39. The predicted molar refractivity (Wildman–Crippen MR) is 178 cm³/mol. The van der Waals surface area contributed by atoms with E-state index in [1.807, 2.05) is 50.2 Å². The molecule has 1 fully saturated rings. The van der Waals surface area contributed by atoms with Crippen molar-refractivity contribution in [1.29, 1.82) is 0 Å². The Hall–Kier alpha value is -2.12. The first-order valence-electron chi connectivity index (χ1n) is 16.3. The van der Waals surface area contributed by atoms with Crippen LogP contribution in [-0.2, 0) is 0 Å². The van der Waals surface area contributed by atoms with Gasteiger partial charge in [-0.3, -0.25) is 0 Å². The summed E-state index contributed by atoms with van der Waals surface area (Å²) in [6, 6.07) is 16.1. The SMILES string of the molecule is CC.CCCC(O)(CCC)C(CN(C)CC)c1ccc(OC)cc1.COc1ccc(C(CN)C2(O)CCCCC2)cc1. The highest BCUT2D eigenvalue weighted by Gasteiger charge is 2.38. The molecule has 2 atom stereocenters. The van der Waals surface area contributed by atoms with Crippen molar-refractivity contribution in [2.24, 2.45) is 5.73 Å². The topological polar surface area (TPSA) is 88.2 Å². The maximum Gasteiger partial charge on any atom is 0.118 e. The number of hydrogen-bond donors (Lipinski definition) is 3. The first-order valence-corrected chi connectivity index (χ1v) is 16.3. The van der Waals surface area contributed by atoms with Crippen LogP contribution in [0.15, 0.2) is 48.5 Å². The van der Waals surface area contributed by atoms with E-state index < -0.39 is 11.2 Å². The van der Waals surface area contributed by atoms with Crippen LogP contribution < -0.4 is 15.2 Å². The van der Waals surface area contributed by atoms with E-state index in [9.17, 15) is 10.2 Å². The fourth-order valence-corrected chi connectivity index (χ4v) is 6.22. The van der Waals surface area contributed by atoms with Crippen LogP contribution in [0, 0.1) is 0 Å². The van der Waals surface area contributed by atoms with Crippen LogP contribution in [0.5, 0.6) is 11.5 Å². The highest BCUT2D eigenvalue weighted by atomic mass is 16.5. The molecule has 4 N–H and O–H groups in total. The van der Waals surface area contributed by atoms with Crippen LogP contribution in [0.3, 0.4) is 0 Å². The largest absolute Gasteiger partial charge is 0.497 e. The van der Waals surface area contributed by atoms with Gasteiger partial charge >= 0.3 is 0 Å². The Morgan fingerprint density at radius 2 is 1.29 bits per heavy atom. The summed E-state index contributed by atoms with van der Waals surface area (Å²) in [5.74, 6) is 1.86. The van der Waals surface area contributed by atoms with Gasteiger partial charge in [0.05, 0.1) is 25.4 Å². The first kappa shape index (κ1) is 37.9. The van der Waals surface area contributed by atoms with E-state index in [2.05, 4.69) is 44.9 Å². The molecule has 1 aliphatic rings. The second-order valence-corrected chi connectivity index (χ2v) is 11.5. The molecule has 0 amide bonds. The molecule has 0 aromatic heterocycles. The van der Waals surface area contributed by atoms with Crippen LogP contribution >= 0.6 is 0 Å². The van der Waals surface area contributed by atoms with E-state index in [0.29, 0.717) is 6.54 Å². The van der Waals surface area contributed by atoms with Gasteiger partial charge in [-0.1, -0.05) is 91.0 Å².